The molecule has 25 heavy (non-hydrogen) atoms. The van der Waals surface area contributed by atoms with Gasteiger partial charge in [-0.15, -0.1) is 0 Å². The number of nitrogens with one attached hydrogen (secondary N) is 3. The Balaban J connectivity index is 1.75. The van der Waals surface area contributed by atoms with Crippen molar-refractivity contribution in [3.05, 3.63) is 60.2 Å². The third kappa shape index (κ3) is 5.78. The maximum Gasteiger partial charge on any atom is 0.269 e. The number of methoxy groups -OCH3 is 1. The van der Waals surface area contributed by atoms with Crippen LogP contribution in [0.15, 0.2) is 54.6 Å². The summed E-state index contributed by atoms with van der Waals surface area (Å²) in [5.41, 5.74) is 5.30. The zero-order valence-corrected chi connectivity index (χ0v) is 14.3. The van der Waals surface area contributed by atoms with Crippen molar-refractivity contribution in [2.75, 3.05) is 13.7 Å². The molecule has 0 unspecified atom stereocenters. The monoisotopic (exact) mass is 359 g/mol. The standard InChI is InChI=1S/C17H17N3O4S/c1-23-13-9-5-6-10-14(13)24-11-15(21)18-17(25)20-19-16(22)12-7-3-2-4-8-12/h2-10H,11H2,1H3,(H,19,22)(H2,18,20,21,25). The number of thiocarbonyl (C=S) groups is 1. The molecule has 130 valence electrons. The van der Waals surface area contributed by atoms with Gasteiger partial charge in [-0.2, -0.15) is 0 Å². The molecule has 0 aliphatic rings. The van der Waals surface area contributed by atoms with E-state index in [-0.39, 0.29) is 17.6 Å². The minimum Gasteiger partial charge on any atom is -0.493 e. The van der Waals surface area contributed by atoms with Crippen LogP contribution >= 0.6 is 12.2 Å². The molecule has 0 atom stereocenters. The normalized spacial score (nSPS) is 9.64. The van der Waals surface area contributed by atoms with E-state index in [9.17, 15) is 9.59 Å². The van der Waals surface area contributed by atoms with Gasteiger partial charge in [0.15, 0.2) is 23.2 Å². The number of carbonyl (C=O) groups is 2. The zero-order valence-electron chi connectivity index (χ0n) is 13.4. The highest BCUT2D eigenvalue weighted by atomic mass is 32.1. The molecule has 0 aliphatic carbocycles. The highest BCUT2D eigenvalue weighted by Gasteiger charge is 2.09. The van der Waals surface area contributed by atoms with Crippen LogP contribution in [0.4, 0.5) is 0 Å². The first-order valence-electron chi connectivity index (χ1n) is 7.31. The van der Waals surface area contributed by atoms with Gasteiger partial charge in [0.1, 0.15) is 0 Å². The van der Waals surface area contributed by atoms with Gasteiger partial charge in [0, 0.05) is 5.56 Å². The van der Waals surface area contributed by atoms with Crippen LogP contribution in [0.1, 0.15) is 10.4 Å². The van der Waals surface area contributed by atoms with Gasteiger partial charge >= 0.3 is 0 Å². The average molecular weight is 359 g/mol. The van der Waals surface area contributed by atoms with Crippen LogP contribution in [0.2, 0.25) is 0 Å². The van der Waals surface area contributed by atoms with E-state index in [1.165, 1.54) is 7.11 Å². The van der Waals surface area contributed by atoms with E-state index in [0.717, 1.165) is 0 Å². The van der Waals surface area contributed by atoms with E-state index >= 15 is 0 Å². The third-order valence-electron chi connectivity index (χ3n) is 3.01. The number of para-hydroxylation sites is 2. The Morgan fingerprint density at radius 3 is 2.28 bits per heavy atom. The van der Waals surface area contributed by atoms with Crippen molar-refractivity contribution in [2.45, 2.75) is 0 Å². The molecule has 2 aromatic rings. The van der Waals surface area contributed by atoms with Crippen LogP contribution in [0.25, 0.3) is 0 Å². The molecule has 0 aromatic heterocycles. The Morgan fingerprint density at radius 2 is 1.60 bits per heavy atom. The van der Waals surface area contributed by atoms with Crippen molar-refractivity contribution < 1.29 is 19.1 Å². The molecule has 2 rings (SSSR count). The third-order valence-corrected chi connectivity index (χ3v) is 3.21. The summed E-state index contributed by atoms with van der Waals surface area (Å²) in [5.74, 6) is 0.113. The summed E-state index contributed by atoms with van der Waals surface area (Å²) in [7, 11) is 1.51. The lowest BCUT2D eigenvalue weighted by Crippen LogP contribution is -2.49. The lowest BCUT2D eigenvalue weighted by atomic mass is 10.2. The van der Waals surface area contributed by atoms with E-state index in [0.29, 0.717) is 17.1 Å². The van der Waals surface area contributed by atoms with Crippen LogP contribution in [0, 0.1) is 0 Å². The highest BCUT2D eigenvalue weighted by Crippen LogP contribution is 2.25. The van der Waals surface area contributed by atoms with E-state index in [4.69, 9.17) is 21.7 Å². The number of hydrazine groups is 1. The number of benzene rings is 2. The second-order valence-electron chi connectivity index (χ2n) is 4.76. The van der Waals surface area contributed by atoms with Gasteiger partial charge in [-0.05, 0) is 36.5 Å². The van der Waals surface area contributed by atoms with E-state index in [1.807, 2.05) is 0 Å². The molecular formula is C17H17N3O4S. The minimum atomic E-state index is -0.475. The van der Waals surface area contributed by atoms with Crippen LogP contribution < -0.4 is 25.6 Å². The van der Waals surface area contributed by atoms with Crippen molar-refractivity contribution in [3.8, 4) is 11.5 Å². The first kappa shape index (κ1) is 18.2. The summed E-state index contributed by atoms with van der Waals surface area (Å²) in [4.78, 5) is 23.7. The van der Waals surface area contributed by atoms with E-state index in [1.54, 1.807) is 54.6 Å². The van der Waals surface area contributed by atoms with Gasteiger partial charge in [0.25, 0.3) is 11.8 Å². The molecule has 0 radical (unpaired) electrons. The molecule has 3 N–H and O–H groups in total. The maximum atomic E-state index is 11.8. The lowest BCUT2D eigenvalue weighted by molar-refractivity contribution is -0.121. The number of ether oxygens (including phenoxy) is 2. The second kappa shape index (κ2) is 9.24. The molecule has 2 amide bonds. The number of rotatable bonds is 5. The molecule has 7 nitrogen and oxygen atoms in total. The highest BCUT2D eigenvalue weighted by molar-refractivity contribution is 7.80. The average Bonchev–Trinajstić information content (AvgIpc) is 2.65. The molecule has 0 saturated carbocycles. The lowest BCUT2D eigenvalue weighted by Gasteiger charge is -2.12. The molecule has 0 spiro atoms. The Morgan fingerprint density at radius 1 is 0.960 bits per heavy atom. The second-order valence-corrected chi connectivity index (χ2v) is 5.17. The number of hydrogen-bond donors (Lipinski definition) is 3. The molecule has 8 heteroatoms. The minimum absolute atomic E-state index is 0.0436. The zero-order chi connectivity index (χ0) is 18.1. The van der Waals surface area contributed by atoms with Gasteiger partial charge in [0.05, 0.1) is 7.11 Å². The Labute approximate surface area is 150 Å². The predicted molar refractivity (Wildman–Crippen MR) is 96.3 cm³/mol. The fraction of sp³-hybridized carbons (Fsp3) is 0.118. The molecule has 2 aromatic carbocycles. The summed E-state index contributed by atoms with van der Waals surface area (Å²) in [6.45, 7) is -0.255. The van der Waals surface area contributed by atoms with Crippen molar-refractivity contribution in [2.24, 2.45) is 0 Å². The smallest absolute Gasteiger partial charge is 0.269 e. The number of hydrogen-bond acceptors (Lipinski definition) is 5. The first-order chi connectivity index (χ1) is 12.1. The van der Waals surface area contributed by atoms with Crippen LogP contribution in [-0.2, 0) is 4.79 Å². The summed E-state index contributed by atoms with van der Waals surface area (Å²) in [6.07, 6.45) is 0. The summed E-state index contributed by atoms with van der Waals surface area (Å²) in [5, 5.41) is 2.35. The van der Waals surface area contributed by atoms with Crippen molar-refractivity contribution in [3.63, 3.8) is 0 Å². The Kier molecular flexibility index (Phi) is 6.73. The van der Waals surface area contributed by atoms with E-state index in [2.05, 4.69) is 16.2 Å². The van der Waals surface area contributed by atoms with Crippen molar-refractivity contribution in [1.82, 2.24) is 16.2 Å². The summed E-state index contributed by atoms with van der Waals surface area (Å²) >= 11 is 4.94. The molecular weight excluding hydrogens is 342 g/mol. The maximum absolute atomic E-state index is 11.8. The van der Waals surface area contributed by atoms with E-state index < -0.39 is 5.91 Å². The summed E-state index contributed by atoms with van der Waals surface area (Å²) < 4.78 is 10.5. The molecule has 0 saturated heterocycles. The molecule has 0 aliphatic heterocycles. The fourth-order valence-electron chi connectivity index (χ4n) is 1.85. The van der Waals surface area contributed by atoms with Crippen molar-refractivity contribution >= 4 is 29.1 Å². The quantitative estimate of drug-likeness (QED) is 0.553. The van der Waals surface area contributed by atoms with Gasteiger partial charge in [-0.1, -0.05) is 30.3 Å². The SMILES string of the molecule is COc1ccccc1OCC(=O)NC(=S)NNC(=O)c1ccccc1. The Hall–Kier alpha value is -3.13. The van der Waals surface area contributed by atoms with Gasteiger partial charge in [-0.3, -0.25) is 25.8 Å². The molecule has 0 heterocycles. The largest absolute Gasteiger partial charge is 0.493 e. The van der Waals surface area contributed by atoms with Crippen molar-refractivity contribution in [1.29, 1.82) is 0 Å². The predicted octanol–water partition coefficient (Wildman–Crippen LogP) is 1.41. The fourth-order valence-corrected chi connectivity index (χ4v) is 2.02. The first-order valence-corrected chi connectivity index (χ1v) is 7.72. The van der Waals surface area contributed by atoms with Gasteiger partial charge < -0.3 is 9.47 Å². The molecule has 0 fully saturated rings. The van der Waals surface area contributed by atoms with Crippen LogP contribution in [0.3, 0.4) is 0 Å². The number of carbonyl (C=O) groups excluding carboxylic acids is 2. The van der Waals surface area contributed by atoms with Gasteiger partial charge in [-0.25, -0.2) is 0 Å². The van der Waals surface area contributed by atoms with Gasteiger partial charge in [0.2, 0.25) is 0 Å². The number of amides is 2. The molecule has 0 bridgehead atoms. The summed E-state index contributed by atoms with van der Waals surface area (Å²) in [6, 6.07) is 15.5. The van der Waals surface area contributed by atoms with Crippen LogP contribution in [0.5, 0.6) is 11.5 Å². The van der Waals surface area contributed by atoms with Crippen LogP contribution in [-0.4, -0.2) is 30.6 Å². The Bertz CT molecular complexity index is 753. The topological polar surface area (TPSA) is 88.7 Å².